The molecule has 452 valence electrons. The van der Waals surface area contributed by atoms with Gasteiger partial charge in [0.05, 0.1) is 0 Å². The molecule has 0 aromatic heterocycles. The van der Waals surface area contributed by atoms with E-state index >= 15 is 0 Å². The van der Waals surface area contributed by atoms with Crippen molar-refractivity contribution < 1.29 is 28.6 Å². The number of hydrogen-bond donors (Lipinski definition) is 0. The summed E-state index contributed by atoms with van der Waals surface area (Å²) in [7, 11) is 0. The second-order valence-electron chi connectivity index (χ2n) is 23.4. The Morgan fingerprint density at radius 3 is 0.753 bits per heavy atom. The van der Waals surface area contributed by atoms with E-state index in [0.717, 1.165) is 64.2 Å². The molecule has 0 bridgehead atoms. The van der Waals surface area contributed by atoms with Gasteiger partial charge < -0.3 is 14.2 Å². The second kappa shape index (κ2) is 66.1. The molecule has 0 aromatic rings. The van der Waals surface area contributed by atoms with E-state index < -0.39 is 6.10 Å². The molecule has 6 heteroatoms. The van der Waals surface area contributed by atoms with Gasteiger partial charge >= 0.3 is 17.9 Å². The average molecular weight is 1080 g/mol. The fourth-order valence-corrected chi connectivity index (χ4v) is 10.4. The Morgan fingerprint density at radius 2 is 0.468 bits per heavy atom. The number of unbranched alkanes of at least 4 members (excludes halogenated alkanes) is 47. The zero-order chi connectivity index (χ0) is 55.7. The van der Waals surface area contributed by atoms with E-state index in [0.29, 0.717) is 19.3 Å². The van der Waals surface area contributed by atoms with E-state index in [1.165, 1.54) is 276 Å². The topological polar surface area (TPSA) is 78.9 Å². The third-order valence-corrected chi connectivity index (χ3v) is 15.6. The highest BCUT2D eigenvalue weighted by atomic mass is 16.6. The predicted octanol–water partition coefficient (Wildman–Crippen LogP) is 23.6. The van der Waals surface area contributed by atoms with Gasteiger partial charge in [0.25, 0.3) is 0 Å². The van der Waals surface area contributed by atoms with Crippen molar-refractivity contribution in [1.82, 2.24) is 0 Å². The molecule has 0 aromatic carbocycles. The van der Waals surface area contributed by atoms with Gasteiger partial charge in [0, 0.05) is 19.3 Å². The molecule has 0 aliphatic rings. The van der Waals surface area contributed by atoms with Gasteiger partial charge in [0.15, 0.2) is 6.10 Å². The van der Waals surface area contributed by atoms with E-state index in [4.69, 9.17) is 14.2 Å². The van der Waals surface area contributed by atoms with Crippen LogP contribution in [0, 0.1) is 0 Å². The molecule has 0 aliphatic carbocycles. The van der Waals surface area contributed by atoms with Crippen LogP contribution in [0.3, 0.4) is 0 Å². The molecule has 0 aliphatic heterocycles. The molecule has 77 heavy (non-hydrogen) atoms. The van der Waals surface area contributed by atoms with Gasteiger partial charge in [0.2, 0.25) is 0 Å². The molecule has 0 radical (unpaired) electrons. The van der Waals surface area contributed by atoms with Crippen LogP contribution < -0.4 is 0 Å². The molecule has 0 fully saturated rings. The molecular formula is C71H132O6. The van der Waals surface area contributed by atoms with Crippen molar-refractivity contribution >= 4 is 17.9 Å². The average Bonchev–Trinajstić information content (AvgIpc) is 3.43. The first kappa shape index (κ1) is 74.6. The standard InChI is InChI=1S/C71H132O6/c1-4-7-10-13-16-19-22-25-28-31-34-35-38-41-44-47-50-53-56-59-62-65-71(74)77-68(66-75-69(72)63-60-57-54-51-48-45-42-39-36-32-29-26-23-20-17-14-11-8-5-2)67-76-70(73)64-61-58-55-52-49-46-43-40-37-33-30-27-24-21-18-15-12-9-6-3/h17,20,25-26,28-29,68H,4-16,18-19,21-24,27,30-67H2,1-3H3/b20-17-,28-25-,29-26-/t68-/m1/s1. The Bertz CT molecular complexity index is 1290. The van der Waals surface area contributed by atoms with Crippen molar-refractivity contribution in [1.29, 1.82) is 0 Å². The van der Waals surface area contributed by atoms with Crippen LogP contribution in [0.5, 0.6) is 0 Å². The summed E-state index contributed by atoms with van der Waals surface area (Å²) in [6.45, 7) is 6.68. The van der Waals surface area contributed by atoms with E-state index in [1.54, 1.807) is 0 Å². The van der Waals surface area contributed by atoms with Crippen molar-refractivity contribution in [3.05, 3.63) is 36.5 Å². The van der Waals surface area contributed by atoms with Gasteiger partial charge in [0.1, 0.15) is 13.2 Å². The molecule has 0 N–H and O–H groups in total. The van der Waals surface area contributed by atoms with Crippen molar-refractivity contribution in [2.45, 2.75) is 386 Å². The fraction of sp³-hybridized carbons (Fsp3) is 0.873. The molecule has 0 saturated heterocycles. The van der Waals surface area contributed by atoms with Crippen molar-refractivity contribution in [2.75, 3.05) is 13.2 Å². The van der Waals surface area contributed by atoms with Crippen LogP contribution in [0.15, 0.2) is 36.5 Å². The van der Waals surface area contributed by atoms with Crippen LogP contribution >= 0.6 is 0 Å². The third kappa shape index (κ3) is 64.3. The lowest BCUT2D eigenvalue weighted by Gasteiger charge is -2.18. The Morgan fingerprint density at radius 1 is 0.260 bits per heavy atom. The summed E-state index contributed by atoms with van der Waals surface area (Å²) in [4.78, 5) is 38.4. The molecule has 0 saturated carbocycles. The first-order chi connectivity index (χ1) is 38.0. The van der Waals surface area contributed by atoms with E-state index in [2.05, 4.69) is 57.2 Å². The van der Waals surface area contributed by atoms with Gasteiger partial charge in [-0.1, -0.05) is 320 Å². The zero-order valence-electron chi connectivity index (χ0n) is 52.0. The SMILES string of the molecule is CCCCC/C=C\C/C=C\CCCCCCCCCCCC(=O)OC[C@H](COC(=O)CCCCCCCCCCCCCCCCCCCCC)OC(=O)CCCCCCCCCCCCC/C=C\CCCCCCCC. The molecule has 0 spiro atoms. The molecule has 6 nitrogen and oxygen atoms in total. The Hall–Kier alpha value is -2.37. The molecule has 1 atom stereocenters. The van der Waals surface area contributed by atoms with Crippen LogP contribution in [-0.2, 0) is 28.6 Å². The molecular weight excluding hydrogens is 949 g/mol. The van der Waals surface area contributed by atoms with Crippen molar-refractivity contribution in [3.63, 3.8) is 0 Å². The first-order valence-corrected chi connectivity index (χ1v) is 34.5. The summed E-state index contributed by atoms with van der Waals surface area (Å²) in [5, 5.41) is 0. The minimum Gasteiger partial charge on any atom is -0.462 e. The lowest BCUT2D eigenvalue weighted by atomic mass is 10.0. The van der Waals surface area contributed by atoms with Crippen LogP contribution in [0.2, 0.25) is 0 Å². The molecule has 0 rings (SSSR count). The molecule has 0 heterocycles. The normalized spacial score (nSPS) is 12.2. The summed E-state index contributed by atoms with van der Waals surface area (Å²) >= 11 is 0. The lowest BCUT2D eigenvalue weighted by molar-refractivity contribution is -0.167. The fourth-order valence-electron chi connectivity index (χ4n) is 10.4. The third-order valence-electron chi connectivity index (χ3n) is 15.6. The lowest BCUT2D eigenvalue weighted by Crippen LogP contribution is -2.30. The van der Waals surface area contributed by atoms with Gasteiger partial charge in [-0.15, -0.1) is 0 Å². The van der Waals surface area contributed by atoms with Crippen LogP contribution in [0.25, 0.3) is 0 Å². The quantitative estimate of drug-likeness (QED) is 0.0261. The number of carbonyl (C=O) groups excluding carboxylic acids is 3. The van der Waals surface area contributed by atoms with Crippen LogP contribution in [0.1, 0.15) is 380 Å². The number of hydrogen-bond acceptors (Lipinski definition) is 6. The largest absolute Gasteiger partial charge is 0.462 e. The number of allylic oxidation sites excluding steroid dienone is 6. The summed E-state index contributed by atoms with van der Waals surface area (Å²) in [6.07, 6.45) is 81.5. The number of rotatable bonds is 64. The minimum absolute atomic E-state index is 0.0686. The highest BCUT2D eigenvalue weighted by Gasteiger charge is 2.19. The summed E-state index contributed by atoms with van der Waals surface area (Å²) in [5.41, 5.74) is 0. The highest BCUT2D eigenvalue weighted by molar-refractivity contribution is 5.71. The van der Waals surface area contributed by atoms with Gasteiger partial charge in [-0.3, -0.25) is 14.4 Å². The molecule has 0 amide bonds. The Labute approximate surface area is 480 Å². The van der Waals surface area contributed by atoms with Crippen molar-refractivity contribution in [2.24, 2.45) is 0 Å². The Balaban J connectivity index is 4.32. The Kier molecular flexibility index (Phi) is 64.1. The van der Waals surface area contributed by atoms with Gasteiger partial charge in [-0.2, -0.15) is 0 Å². The minimum atomic E-state index is -0.773. The monoisotopic (exact) mass is 1080 g/mol. The summed E-state index contributed by atoms with van der Waals surface area (Å²) < 4.78 is 17.0. The zero-order valence-corrected chi connectivity index (χ0v) is 52.0. The van der Waals surface area contributed by atoms with Crippen LogP contribution in [-0.4, -0.2) is 37.2 Å². The highest BCUT2D eigenvalue weighted by Crippen LogP contribution is 2.18. The van der Waals surface area contributed by atoms with E-state index in [9.17, 15) is 14.4 Å². The van der Waals surface area contributed by atoms with E-state index in [-0.39, 0.29) is 31.1 Å². The summed E-state index contributed by atoms with van der Waals surface area (Å²) in [5.74, 6) is -0.844. The van der Waals surface area contributed by atoms with Gasteiger partial charge in [-0.25, -0.2) is 0 Å². The first-order valence-electron chi connectivity index (χ1n) is 34.5. The molecule has 0 unspecified atom stereocenters. The predicted molar refractivity (Wildman–Crippen MR) is 335 cm³/mol. The van der Waals surface area contributed by atoms with Crippen molar-refractivity contribution in [3.8, 4) is 0 Å². The summed E-state index contributed by atoms with van der Waals surface area (Å²) in [6, 6.07) is 0. The maximum absolute atomic E-state index is 13.0. The smallest absolute Gasteiger partial charge is 0.306 e. The van der Waals surface area contributed by atoms with Crippen LogP contribution in [0.4, 0.5) is 0 Å². The van der Waals surface area contributed by atoms with Gasteiger partial charge in [-0.05, 0) is 77.0 Å². The van der Waals surface area contributed by atoms with E-state index in [1.807, 2.05) is 0 Å². The maximum Gasteiger partial charge on any atom is 0.306 e. The second-order valence-corrected chi connectivity index (χ2v) is 23.4. The number of ether oxygens (including phenoxy) is 3. The number of esters is 3. The maximum atomic E-state index is 13.0. The number of carbonyl (C=O) groups is 3.